The second-order valence-electron chi connectivity index (χ2n) is 6.10. The fourth-order valence-electron chi connectivity index (χ4n) is 3.30. The second-order valence-corrected chi connectivity index (χ2v) is 7.81. The van der Waals surface area contributed by atoms with Crippen LogP contribution >= 0.6 is 31.9 Å². The first-order valence-electron chi connectivity index (χ1n) is 7.82. The van der Waals surface area contributed by atoms with Crippen molar-refractivity contribution in [3.05, 3.63) is 67.6 Å². The third-order valence-electron chi connectivity index (χ3n) is 4.28. The van der Waals surface area contributed by atoms with Gasteiger partial charge in [-0.25, -0.2) is 0 Å². The zero-order valence-corrected chi connectivity index (χ0v) is 16.6. The third kappa shape index (κ3) is 2.62. The average Bonchev–Trinajstić information content (AvgIpc) is 2.54. The molecule has 2 heterocycles. The lowest BCUT2D eigenvalue weighted by atomic mass is 9.88. The fourth-order valence-corrected chi connectivity index (χ4v) is 4.68. The molecule has 4 heteroatoms. The highest BCUT2D eigenvalue weighted by Gasteiger charge is 2.25. The summed E-state index contributed by atoms with van der Waals surface area (Å²) < 4.78 is 13.8. The van der Waals surface area contributed by atoms with Crippen LogP contribution in [0.25, 0.3) is 11.1 Å². The number of aryl methyl sites for hydroxylation is 2. The van der Waals surface area contributed by atoms with E-state index in [9.17, 15) is 0 Å². The van der Waals surface area contributed by atoms with Crippen molar-refractivity contribution >= 4 is 43.0 Å². The molecule has 0 fully saturated rings. The van der Waals surface area contributed by atoms with E-state index in [2.05, 4.69) is 82.1 Å². The molecule has 0 N–H and O–H groups in total. The van der Waals surface area contributed by atoms with Crippen LogP contribution in [0, 0.1) is 13.8 Å². The first-order chi connectivity index (χ1) is 11.5. The van der Waals surface area contributed by atoms with E-state index in [-0.39, 0.29) is 0 Å². The summed E-state index contributed by atoms with van der Waals surface area (Å²) >= 11 is 7.27. The molecule has 0 unspecified atom stereocenters. The van der Waals surface area contributed by atoms with Gasteiger partial charge in [-0.05, 0) is 104 Å². The molecule has 0 saturated heterocycles. The van der Waals surface area contributed by atoms with Gasteiger partial charge in [-0.3, -0.25) is 0 Å². The molecule has 0 spiro atoms. The number of allylic oxidation sites excluding steroid dienone is 2. The van der Waals surface area contributed by atoms with Crippen molar-refractivity contribution in [2.45, 2.75) is 13.8 Å². The van der Waals surface area contributed by atoms with Crippen LogP contribution in [0.5, 0.6) is 11.5 Å². The number of halogens is 2. The Kier molecular flexibility index (Phi) is 4.05. The van der Waals surface area contributed by atoms with Crippen LogP contribution < -0.4 is 9.47 Å². The molecule has 24 heavy (non-hydrogen) atoms. The molecule has 0 bridgehead atoms. The summed E-state index contributed by atoms with van der Waals surface area (Å²) in [6, 6.07) is 8.56. The summed E-state index contributed by atoms with van der Waals surface area (Å²) in [4.78, 5) is 0. The van der Waals surface area contributed by atoms with E-state index in [4.69, 9.17) is 9.47 Å². The molecule has 0 radical (unpaired) electrons. The van der Waals surface area contributed by atoms with E-state index < -0.39 is 0 Å². The molecule has 0 aliphatic carbocycles. The van der Waals surface area contributed by atoms with Gasteiger partial charge in [0.2, 0.25) is 0 Å². The van der Waals surface area contributed by atoms with Crippen molar-refractivity contribution in [2.75, 3.05) is 13.2 Å². The summed E-state index contributed by atoms with van der Waals surface area (Å²) in [5.41, 5.74) is 7.09. The minimum absolute atomic E-state index is 0.574. The zero-order valence-electron chi connectivity index (χ0n) is 13.5. The predicted molar refractivity (Wildman–Crippen MR) is 105 cm³/mol. The topological polar surface area (TPSA) is 18.5 Å². The lowest BCUT2D eigenvalue weighted by molar-refractivity contribution is 0.352. The Morgan fingerprint density at radius 1 is 0.708 bits per heavy atom. The molecule has 2 aliphatic heterocycles. The molecular weight excluding hydrogens is 432 g/mol. The third-order valence-corrected chi connectivity index (χ3v) is 5.45. The van der Waals surface area contributed by atoms with Crippen LogP contribution in [0.2, 0.25) is 0 Å². The molecule has 0 atom stereocenters. The van der Waals surface area contributed by atoms with Gasteiger partial charge in [-0.15, -0.1) is 0 Å². The van der Waals surface area contributed by atoms with E-state index in [1.165, 1.54) is 22.3 Å². The number of benzene rings is 2. The Bertz CT molecular complexity index is 835. The Labute approximate surface area is 158 Å². The Morgan fingerprint density at radius 3 is 1.54 bits per heavy atom. The number of hydrogen-bond donors (Lipinski definition) is 0. The maximum absolute atomic E-state index is 5.87. The van der Waals surface area contributed by atoms with Crippen LogP contribution in [0.15, 0.2) is 45.4 Å². The van der Waals surface area contributed by atoms with E-state index in [0.717, 1.165) is 31.6 Å². The van der Waals surface area contributed by atoms with E-state index >= 15 is 0 Å². The van der Waals surface area contributed by atoms with Gasteiger partial charge in [-0.2, -0.15) is 0 Å². The Balaban J connectivity index is 1.91. The van der Waals surface area contributed by atoms with Gasteiger partial charge in [0.15, 0.2) is 0 Å². The largest absolute Gasteiger partial charge is 0.488 e. The maximum atomic E-state index is 5.87. The monoisotopic (exact) mass is 446 g/mol. The average molecular weight is 448 g/mol. The van der Waals surface area contributed by atoms with Crippen LogP contribution in [0.1, 0.15) is 22.3 Å². The highest BCUT2D eigenvalue weighted by Crippen LogP contribution is 2.47. The highest BCUT2D eigenvalue weighted by molar-refractivity contribution is 9.10. The van der Waals surface area contributed by atoms with Crippen molar-refractivity contribution < 1.29 is 9.47 Å². The van der Waals surface area contributed by atoms with Crippen molar-refractivity contribution in [3.8, 4) is 11.5 Å². The molecule has 122 valence electrons. The highest BCUT2D eigenvalue weighted by atomic mass is 79.9. The van der Waals surface area contributed by atoms with E-state index in [1.807, 2.05) is 0 Å². The van der Waals surface area contributed by atoms with Crippen LogP contribution in [0.3, 0.4) is 0 Å². The van der Waals surface area contributed by atoms with Crippen LogP contribution in [-0.4, -0.2) is 13.2 Å². The first kappa shape index (κ1) is 16.0. The normalized spacial score (nSPS) is 15.5. The Hall–Kier alpha value is -1.52. The molecule has 2 aromatic rings. The SMILES string of the molecule is Cc1cc(Br)c2c(c1)C(C1=CCOc3c(Br)cc(C)cc31)=CCO2. The smallest absolute Gasteiger partial charge is 0.141 e. The van der Waals surface area contributed by atoms with Crippen LogP contribution in [-0.2, 0) is 0 Å². The molecule has 4 rings (SSSR count). The minimum Gasteiger partial charge on any atom is -0.488 e. The number of rotatable bonds is 1. The van der Waals surface area contributed by atoms with Gasteiger partial charge >= 0.3 is 0 Å². The van der Waals surface area contributed by atoms with Gasteiger partial charge < -0.3 is 9.47 Å². The maximum Gasteiger partial charge on any atom is 0.141 e. The predicted octanol–water partition coefficient (Wildman–Crippen LogP) is 6.08. The van der Waals surface area contributed by atoms with E-state index in [1.54, 1.807) is 0 Å². The number of hydrogen-bond acceptors (Lipinski definition) is 2. The standard InChI is InChI=1S/C20H16Br2O2/c1-11-7-15-13(3-5-23-19(15)17(21)9-11)14-4-6-24-20-16(14)8-12(2)10-18(20)22/h3-4,7-10H,5-6H2,1-2H3. The lowest BCUT2D eigenvalue weighted by Gasteiger charge is -2.26. The molecule has 2 aliphatic rings. The molecule has 2 nitrogen and oxygen atoms in total. The van der Waals surface area contributed by atoms with Crippen LogP contribution in [0.4, 0.5) is 0 Å². The van der Waals surface area contributed by atoms with Gasteiger partial charge in [0, 0.05) is 11.1 Å². The van der Waals surface area contributed by atoms with Gasteiger partial charge in [0.05, 0.1) is 8.95 Å². The number of fused-ring (bicyclic) bond motifs is 2. The molecule has 0 amide bonds. The zero-order chi connectivity index (χ0) is 16.8. The molecule has 0 aromatic heterocycles. The second kappa shape index (κ2) is 6.08. The summed E-state index contributed by atoms with van der Waals surface area (Å²) in [5.74, 6) is 1.83. The quantitative estimate of drug-likeness (QED) is 0.527. The van der Waals surface area contributed by atoms with Crippen molar-refractivity contribution in [1.82, 2.24) is 0 Å². The van der Waals surface area contributed by atoms with Crippen molar-refractivity contribution in [1.29, 1.82) is 0 Å². The lowest BCUT2D eigenvalue weighted by Crippen LogP contribution is -2.11. The summed E-state index contributed by atoms with van der Waals surface area (Å²) in [5, 5.41) is 0. The van der Waals surface area contributed by atoms with E-state index in [0.29, 0.717) is 13.2 Å². The summed E-state index contributed by atoms with van der Waals surface area (Å²) in [6.07, 6.45) is 4.32. The Morgan fingerprint density at radius 2 is 1.12 bits per heavy atom. The van der Waals surface area contributed by atoms with Gasteiger partial charge in [0.25, 0.3) is 0 Å². The molecule has 2 aromatic carbocycles. The fraction of sp³-hybridized carbons (Fsp3) is 0.200. The summed E-state index contributed by atoms with van der Waals surface area (Å²) in [6.45, 7) is 5.35. The van der Waals surface area contributed by atoms with Gasteiger partial charge in [-0.1, -0.05) is 0 Å². The number of ether oxygens (including phenoxy) is 2. The minimum atomic E-state index is 0.574. The first-order valence-corrected chi connectivity index (χ1v) is 9.40. The van der Waals surface area contributed by atoms with Crippen molar-refractivity contribution in [3.63, 3.8) is 0 Å². The molecular formula is C20H16Br2O2. The summed E-state index contributed by atoms with van der Waals surface area (Å²) in [7, 11) is 0. The van der Waals surface area contributed by atoms with Crippen molar-refractivity contribution in [2.24, 2.45) is 0 Å². The van der Waals surface area contributed by atoms with Gasteiger partial charge in [0.1, 0.15) is 24.7 Å². The molecule has 0 saturated carbocycles.